The van der Waals surface area contributed by atoms with Crippen molar-refractivity contribution in [3.63, 3.8) is 0 Å². The van der Waals surface area contributed by atoms with Crippen molar-refractivity contribution in [2.45, 2.75) is 32.4 Å². The van der Waals surface area contributed by atoms with E-state index in [4.69, 9.17) is 5.73 Å². The molecule has 0 aliphatic carbocycles. The van der Waals surface area contributed by atoms with Crippen molar-refractivity contribution in [2.24, 2.45) is 5.92 Å². The van der Waals surface area contributed by atoms with Crippen molar-refractivity contribution in [1.82, 2.24) is 14.7 Å². The van der Waals surface area contributed by atoms with Crippen LogP contribution in [0.15, 0.2) is 12.3 Å². The fourth-order valence-electron chi connectivity index (χ4n) is 2.38. The lowest BCUT2D eigenvalue weighted by Gasteiger charge is -2.34. The van der Waals surface area contributed by atoms with Crippen LogP contribution in [0.3, 0.4) is 0 Å². The first-order chi connectivity index (χ1) is 8.15. The van der Waals surface area contributed by atoms with E-state index in [0.717, 1.165) is 39.0 Å². The SMILES string of the molecule is CC1CN(CCCn2ccc(N)n2)CCC1O. The van der Waals surface area contributed by atoms with E-state index in [1.807, 2.05) is 16.9 Å². The zero-order chi connectivity index (χ0) is 12.3. The van der Waals surface area contributed by atoms with Crippen LogP contribution in [0, 0.1) is 5.92 Å². The van der Waals surface area contributed by atoms with E-state index in [1.54, 1.807) is 0 Å². The molecule has 0 saturated carbocycles. The van der Waals surface area contributed by atoms with Crippen LogP contribution in [0.25, 0.3) is 0 Å². The van der Waals surface area contributed by atoms with Crippen molar-refractivity contribution in [3.05, 3.63) is 12.3 Å². The lowest BCUT2D eigenvalue weighted by Crippen LogP contribution is -2.42. The molecule has 5 nitrogen and oxygen atoms in total. The molecule has 1 saturated heterocycles. The Kier molecular flexibility index (Phi) is 4.02. The molecule has 17 heavy (non-hydrogen) atoms. The molecule has 1 aliphatic rings. The standard InChI is InChI=1S/C12H22N4O/c1-10-9-15(7-3-11(10)17)5-2-6-16-8-4-12(13)14-16/h4,8,10-11,17H,2-3,5-7,9H2,1H3,(H2,13,14). The number of nitrogens with zero attached hydrogens (tertiary/aromatic N) is 3. The van der Waals surface area contributed by atoms with Crippen LogP contribution in [0.2, 0.25) is 0 Å². The number of nitrogen functional groups attached to an aromatic ring is 1. The van der Waals surface area contributed by atoms with Gasteiger partial charge in [-0.25, -0.2) is 0 Å². The molecule has 1 aliphatic heterocycles. The first-order valence-corrected chi connectivity index (χ1v) is 6.34. The van der Waals surface area contributed by atoms with Gasteiger partial charge < -0.3 is 15.7 Å². The normalized spacial score (nSPS) is 26.2. The molecule has 5 heteroatoms. The van der Waals surface area contributed by atoms with Crippen LogP contribution >= 0.6 is 0 Å². The van der Waals surface area contributed by atoms with Gasteiger partial charge >= 0.3 is 0 Å². The molecule has 0 spiro atoms. The highest BCUT2D eigenvalue weighted by atomic mass is 16.3. The number of likely N-dealkylation sites (tertiary alicyclic amines) is 1. The molecule has 3 N–H and O–H groups in total. The van der Waals surface area contributed by atoms with Gasteiger partial charge in [-0.05, 0) is 31.4 Å². The molecule has 0 bridgehead atoms. The minimum atomic E-state index is -0.114. The van der Waals surface area contributed by atoms with Crippen LogP contribution in [-0.4, -0.2) is 45.5 Å². The predicted molar refractivity (Wildman–Crippen MR) is 67.5 cm³/mol. The van der Waals surface area contributed by atoms with Gasteiger partial charge in [-0.1, -0.05) is 6.92 Å². The Hall–Kier alpha value is -1.07. The average Bonchev–Trinajstić information content (AvgIpc) is 2.70. The van der Waals surface area contributed by atoms with Crippen molar-refractivity contribution in [2.75, 3.05) is 25.4 Å². The summed E-state index contributed by atoms with van der Waals surface area (Å²) in [5.41, 5.74) is 5.56. The average molecular weight is 238 g/mol. The zero-order valence-corrected chi connectivity index (χ0v) is 10.4. The molecular formula is C12H22N4O. The number of hydrogen-bond acceptors (Lipinski definition) is 4. The van der Waals surface area contributed by atoms with Crippen LogP contribution in [0.1, 0.15) is 19.8 Å². The molecule has 2 unspecified atom stereocenters. The summed E-state index contributed by atoms with van der Waals surface area (Å²) < 4.78 is 1.89. The largest absolute Gasteiger partial charge is 0.393 e. The van der Waals surface area contributed by atoms with Crippen LogP contribution in [-0.2, 0) is 6.54 Å². The van der Waals surface area contributed by atoms with Gasteiger partial charge in [0.15, 0.2) is 0 Å². The number of aryl methyl sites for hydroxylation is 1. The van der Waals surface area contributed by atoms with Crippen LogP contribution in [0.5, 0.6) is 0 Å². The summed E-state index contributed by atoms with van der Waals surface area (Å²) in [5.74, 6) is 0.976. The topological polar surface area (TPSA) is 67.3 Å². The second kappa shape index (κ2) is 5.51. The third-order valence-corrected chi connectivity index (χ3v) is 3.47. The Morgan fingerprint density at radius 3 is 3.00 bits per heavy atom. The second-order valence-electron chi connectivity index (χ2n) is 4.99. The highest BCUT2D eigenvalue weighted by molar-refractivity contribution is 5.23. The summed E-state index contributed by atoms with van der Waals surface area (Å²) in [4.78, 5) is 2.42. The van der Waals surface area contributed by atoms with Gasteiger partial charge in [0.05, 0.1) is 6.10 Å². The van der Waals surface area contributed by atoms with E-state index < -0.39 is 0 Å². The van der Waals surface area contributed by atoms with Gasteiger partial charge in [0.25, 0.3) is 0 Å². The van der Waals surface area contributed by atoms with Gasteiger partial charge in [0.1, 0.15) is 5.82 Å². The number of aliphatic hydroxyl groups is 1. The molecule has 2 heterocycles. The Morgan fingerprint density at radius 1 is 1.53 bits per heavy atom. The number of rotatable bonds is 4. The maximum atomic E-state index is 9.65. The Bertz CT molecular complexity index is 352. The fourth-order valence-corrected chi connectivity index (χ4v) is 2.38. The number of piperidine rings is 1. The minimum Gasteiger partial charge on any atom is -0.393 e. The van der Waals surface area contributed by atoms with Gasteiger partial charge in [0.2, 0.25) is 0 Å². The summed E-state index contributed by atoms with van der Waals surface area (Å²) in [6, 6.07) is 1.82. The molecule has 0 amide bonds. The summed E-state index contributed by atoms with van der Waals surface area (Å²) in [5, 5.41) is 13.8. The van der Waals surface area contributed by atoms with Crippen molar-refractivity contribution in [3.8, 4) is 0 Å². The highest BCUT2D eigenvalue weighted by Crippen LogP contribution is 2.16. The molecule has 1 fully saturated rings. The predicted octanol–water partition coefficient (Wildman–Crippen LogP) is 0.558. The van der Waals surface area contributed by atoms with Crippen molar-refractivity contribution in [1.29, 1.82) is 0 Å². The zero-order valence-electron chi connectivity index (χ0n) is 10.4. The fraction of sp³-hybridized carbons (Fsp3) is 0.750. The minimum absolute atomic E-state index is 0.114. The molecule has 1 aromatic heterocycles. The summed E-state index contributed by atoms with van der Waals surface area (Å²) in [6.45, 7) is 6.10. The summed E-state index contributed by atoms with van der Waals surface area (Å²) in [7, 11) is 0. The highest BCUT2D eigenvalue weighted by Gasteiger charge is 2.23. The van der Waals surface area contributed by atoms with Gasteiger partial charge in [-0.3, -0.25) is 4.68 Å². The molecule has 2 rings (SSSR count). The first-order valence-electron chi connectivity index (χ1n) is 6.34. The maximum Gasteiger partial charge on any atom is 0.145 e. The molecular weight excluding hydrogens is 216 g/mol. The Balaban J connectivity index is 1.69. The van der Waals surface area contributed by atoms with E-state index in [0.29, 0.717) is 11.7 Å². The number of aromatic nitrogens is 2. The van der Waals surface area contributed by atoms with E-state index in [2.05, 4.69) is 16.9 Å². The van der Waals surface area contributed by atoms with Gasteiger partial charge in [-0.15, -0.1) is 0 Å². The summed E-state index contributed by atoms with van der Waals surface area (Å²) >= 11 is 0. The molecule has 96 valence electrons. The lowest BCUT2D eigenvalue weighted by molar-refractivity contribution is 0.0342. The first kappa shape index (κ1) is 12.4. The third kappa shape index (κ3) is 3.44. The molecule has 1 aromatic rings. The molecule has 2 atom stereocenters. The van der Waals surface area contributed by atoms with Crippen LogP contribution < -0.4 is 5.73 Å². The lowest BCUT2D eigenvalue weighted by atomic mass is 9.97. The number of nitrogens with two attached hydrogens (primary N) is 1. The van der Waals surface area contributed by atoms with E-state index in [-0.39, 0.29) is 6.10 Å². The smallest absolute Gasteiger partial charge is 0.145 e. The third-order valence-electron chi connectivity index (χ3n) is 3.47. The van der Waals surface area contributed by atoms with Crippen LogP contribution in [0.4, 0.5) is 5.82 Å². The quantitative estimate of drug-likeness (QED) is 0.804. The summed E-state index contributed by atoms with van der Waals surface area (Å²) in [6.07, 6.45) is 3.77. The van der Waals surface area contributed by atoms with Crippen molar-refractivity contribution >= 4 is 5.82 Å². The monoisotopic (exact) mass is 238 g/mol. The van der Waals surface area contributed by atoms with Crippen molar-refractivity contribution < 1.29 is 5.11 Å². The maximum absolute atomic E-state index is 9.65. The molecule has 0 aromatic carbocycles. The molecule has 0 radical (unpaired) electrons. The van der Waals surface area contributed by atoms with E-state index in [9.17, 15) is 5.11 Å². The van der Waals surface area contributed by atoms with Gasteiger partial charge in [-0.2, -0.15) is 5.10 Å². The van der Waals surface area contributed by atoms with Gasteiger partial charge in [0, 0.05) is 25.8 Å². The Labute approximate surface area is 102 Å². The Morgan fingerprint density at radius 2 is 2.35 bits per heavy atom. The second-order valence-corrected chi connectivity index (χ2v) is 4.99. The number of anilines is 1. The number of aliphatic hydroxyl groups excluding tert-OH is 1. The van der Waals surface area contributed by atoms with E-state index in [1.165, 1.54) is 0 Å². The van der Waals surface area contributed by atoms with E-state index >= 15 is 0 Å². The number of hydrogen-bond donors (Lipinski definition) is 2.